The first kappa shape index (κ1) is 31.9. The summed E-state index contributed by atoms with van der Waals surface area (Å²) in [7, 11) is -1.89. The van der Waals surface area contributed by atoms with Crippen molar-refractivity contribution in [3.8, 4) is 17.1 Å². The molecule has 0 spiro atoms. The van der Waals surface area contributed by atoms with Crippen molar-refractivity contribution in [3.63, 3.8) is 0 Å². The van der Waals surface area contributed by atoms with Gasteiger partial charge in [-0.3, -0.25) is 9.59 Å². The number of likely N-dealkylation sites (N-methyl/N-ethyl adjacent to an activating group) is 1. The van der Waals surface area contributed by atoms with E-state index in [2.05, 4.69) is 15.4 Å². The predicted molar refractivity (Wildman–Crippen MR) is 167 cm³/mol. The van der Waals surface area contributed by atoms with Crippen LogP contribution in [0.5, 0.6) is 5.75 Å². The fourth-order valence-corrected chi connectivity index (χ4v) is 6.83. The molecule has 0 bridgehead atoms. The number of aromatic amines is 1. The third kappa shape index (κ3) is 6.34. The first-order valence-corrected chi connectivity index (χ1v) is 16.2. The molecule has 2 N–H and O–H groups in total. The molecule has 2 aromatic heterocycles. The van der Waals surface area contributed by atoms with E-state index >= 15 is 0 Å². The number of amides is 1. The lowest BCUT2D eigenvalue weighted by Crippen LogP contribution is -2.47. The number of nitrogens with one attached hydrogen (secondary N) is 2. The van der Waals surface area contributed by atoms with Gasteiger partial charge in [-0.1, -0.05) is 31.5 Å². The van der Waals surface area contributed by atoms with Crippen LogP contribution in [0, 0.1) is 6.92 Å². The average Bonchev–Trinajstić information content (AvgIpc) is 3.32. The third-order valence-corrected chi connectivity index (χ3v) is 9.59. The molecule has 5 rings (SSSR count). The first-order chi connectivity index (χ1) is 21.6. The number of ether oxygens (including phenoxy) is 1. The van der Waals surface area contributed by atoms with Gasteiger partial charge in [0, 0.05) is 26.2 Å². The van der Waals surface area contributed by atoms with Crippen LogP contribution in [0.15, 0.2) is 58.2 Å². The molecule has 2 aromatic carbocycles. The SMILES string of the molecule is CCCc1c(C(=O)NOC(=O)c2ccccc2)c(C)c2c(=O)[nH]c(-c3cc(S(=O)(=O)N4CCN(C)CC4)ccc3OCC)nn12. The van der Waals surface area contributed by atoms with E-state index in [9.17, 15) is 22.8 Å². The van der Waals surface area contributed by atoms with Crippen LogP contribution in [0.2, 0.25) is 0 Å². The average molecular weight is 637 g/mol. The molecule has 0 radical (unpaired) electrons. The molecule has 14 heteroatoms. The van der Waals surface area contributed by atoms with Crippen LogP contribution < -0.4 is 15.8 Å². The van der Waals surface area contributed by atoms with Crippen molar-refractivity contribution in [1.82, 2.24) is 29.3 Å². The van der Waals surface area contributed by atoms with E-state index in [1.807, 2.05) is 14.0 Å². The minimum atomic E-state index is -3.83. The zero-order chi connectivity index (χ0) is 32.3. The monoisotopic (exact) mass is 636 g/mol. The number of carbonyl (C=O) groups is 2. The number of piperazine rings is 1. The molecule has 238 valence electrons. The predicted octanol–water partition coefficient (Wildman–Crippen LogP) is 2.79. The summed E-state index contributed by atoms with van der Waals surface area (Å²) in [6, 6.07) is 12.7. The number of rotatable bonds is 9. The van der Waals surface area contributed by atoms with Crippen LogP contribution in [0.3, 0.4) is 0 Å². The second-order valence-corrected chi connectivity index (χ2v) is 12.7. The normalized spacial score (nSPS) is 14.4. The Balaban J connectivity index is 1.57. The number of hydrogen-bond donors (Lipinski definition) is 2. The summed E-state index contributed by atoms with van der Waals surface area (Å²) in [5.74, 6) is -1.04. The van der Waals surface area contributed by atoms with E-state index in [0.717, 1.165) is 0 Å². The van der Waals surface area contributed by atoms with Crippen LogP contribution in [-0.2, 0) is 21.3 Å². The maximum absolute atomic E-state index is 13.6. The van der Waals surface area contributed by atoms with Crippen molar-refractivity contribution >= 4 is 27.4 Å². The summed E-state index contributed by atoms with van der Waals surface area (Å²) in [5.41, 5.74) is 3.30. The summed E-state index contributed by atoms with van der Waals surface area (Å²) in [4.78, 5) is 49.3. The van der Waals surface area contributed by atoms with Gasteiger partial charge in [-0.05, 0) is 63.2 Å². The van der Waals surface area contributed by atoms with Crippen molar-refractivity contribution in [2.24, 2.45) is 0 Å². The van der Waals surface area contributed by atoms with Crippen molar-refractivity contribution in [1.29, 1.82) is 0 Å². The second kappa shape index (κ2) is 13.2. The van der Waals surface area contributed by atoms with E-state index in [1.165, 1.54) is 21.0 Å². The van der Waals surface area contributed by atoms with Gasteiger partial charge in [0.15, 0.2) is 5.82 Å². The van der Waals surface area contributed by atoms with Gasteiger partial charge in [0.25, 0.3) is 11.5 Å². The number of aromatic nitrogens is 3. The second-order valence-electron chi connectivity index (χ2n) is 10.7. The minimum absolute atomic E-state index is 0.0472. The van der Waals surface area contributed by atoms with Crippen LogP contribution >= 0.6 is 0 Å². The van der Waals surface area contributed by atoms with Gasteiger partial charge in [-0.2, -0.15) is 9.79 Å². The molecule has 13 nitrogen and oxygen atoms in total. The van der Waals surface area contributed by atoms with Crippen LogP contribution in [-0.4, -0.2) is 83.9 Å². The van der Waals surface area contributed by atoms with Gasteiger partial charge >= 0.3 is 5.97 Å². The molecular formula is C31H36N6O7S. The Morgan fingerprint density at radius 3 is 2.42 bits per heavy atom. The first-order valence-electron chi connectivity index (χ1n) is 14.7. The number of hydrogen-bond acceptors (Lipinski definition) is 9. The smallest absolute Gasteiger partial charge is 0.362 e. The molecule has 1 aliphatic rings. The molecule has 1 amide bonds. The van der Waals surface area contributed by atoms with E-state index in [0.29, 0.717) is 62.6 Å². The summed E-state index contributed by atoms with van der Waals surface area (Å²) in [5, 5.41) is 4.70. The number of fused-ring (bicyclic) bond motifs is 1. The fourth-order valence-electron chi connectivity index (χ4n) is 5.38. The van der Waals surface area contributed by atoms with Crippen molar-refractivity contribution < 1.29 is 27.6 Å². The zero-order valence-electron chi connectivity index (χ0n) is 25.6. The van der Waals surface area contributed by atoms with Crippen LogP contribution in [0.1, 0.15) is 52.2 Å². The van der Waals surface area contributed by atoms with E-state index in [-0.39, 0.29) is 32.9 Å². The third-order valence-electron chi connectivity index (χ3n) is 7.70. The lowest BCUT2D eigenvalue weighted by Gasteiger charge is -2.31. The summed E-state index contributed by atoms with van der Waals surface area (Å²) in [6.07, 6.45) is 0.985. The van der Waals surface area contributed by atoms with Gasteiger partial charge < -0.3 is 19.5 Å². The quantitative estimate of drug-likeness (QED) is 0.264. The number of aryl methyl sites for hydroxylation is 2. The maximum Gasteiger partial charge on any atom is 0.362 e. The molecule has 0 unspecified atom stereocenters. The Bertz CT molecular complexity index is 1890. The van der Waals surface area contributed by atoms with Gasteiger partial charge in [0.1, 0.15) is 11.3 Å². The highest BCUT2D eigenvalue weighted by Crippen LogP contribution is 2.32. The Kier molecular flexibility index (Phi) is 9.37. The minimum Gasteiger partial charge on any atom is -0.493 e. The van der Waals surface area contributed by atoms with Gasteiger partial charge in [-0.25, -0.2) is 17.7 Å². The number of H-pyrrole nitrogens is 1. The van der Waals surface area contributed by atoms with Crippen LogP contribution in [0.25, 0.3) is 16.9 Å². The van der Waals surface area contributed by atoms with Crippen molar-refractivity contribution in [2.45, 2.75) is 38.5 Å². The lowest BCUT2D eigenvalue weighted by molar-refractivity contribution is 0.0229. The van der Waals surface area contributed by atoms with E-state index in [4.69, 9.17) is 14.7 Å². The molecule has 1 aliphatic heterocycles. The highest BCUT2D eigenvalue weighted by molar-refractivity contribution is 7.89. The van der Waals surface area contributed by atoms with Gasteiger partial charge in [0.2, 0.25) is 10.0 Å². The Morgan fingerprint density at radius 2 is 1.76 bits per heavy atom. The molecule has 0 atom stereocenters. The Hall–Kier alpha value is -4.53. The molecule has 1 fully saturated rings. The molecule has 4 aromatic rings. The summed E-state index contributed by atoms with van der Waals surface area (Å²) >= 11 is 0. The highest BCUT2D eigenvalue weighted by Gasteiger charge is 2.30. The molecule has 0 aliphatic carbocycles. The number of benzene rings is 2. The number of carbonyl (C=O) groups excluding carboxylic acids is 2. The standard InChI is InChI=1S/C31H36N6O7S/c1-5-10-24-26(29(38)34-44-31(40)21-11-8-7-9-12-21)20(3)27-30(39)32-28(33-37(24)27)23-19-22(13-14-25(23)43-6-2)45(41,42)36-17-15-35(4)16-18-36/h7-9,11-14,19H,5-6,10,15-18H2,1-4H3,(H,34,38)(H,32,33,39). The molecule has 3 heterocycles. The maximum atomic E-state index is 13.6. The van der Waals surface area contributed by atoms with Gasteiger partial charge in [-0.15, -0.1) is 5.10 Å². The van der Waals surface area contributed by atoms with Crippen molar-refractivity contribution in [3.05, 3.63) is 81.3 Å². The van der Waals surface area contributed by atoms with Crippen molar-refractivity contribution in [2.75, 3.05) is 39.8 Å². The van der Waals surface area contributed by atoms with Gasteiger partial charge in [0.05, 0.1) is 33.9 Å². The summed E-state index contributed by atoms with van der Waals surface area (Å²) in [6.45, 7) is 7.57. The molecular weight excluding hydrogens is 600 g/mol. The zero-order valence-corrected chi connectivity index (χ0v) is 26.4. The molecule has 1 saturated heterocycles. The fraction of sp³-hybridized carbons (Fsp3) is 0.355. The van der Waals surface area contributed by atoms with E-state index < -0.39 is 27.5 Å². The largest absolute Gasteiger partial charge is 0.493 e. The number of nitrogens with zero attached hydrogens (tertiary/aromatic N) is 4. The molecule has 0 saturated carbocycles. The number of sulfonamides is 1. The van der Waals surface area contributed by atoms with Crippen LogP contribution in [0.4, 0.5) is 0 Å². The lowest BCUT2D eigenvalue weighted by atomic mass is 10.1. The Labute approximate surface area is 260 Å². The summed E-state index contributed by atoms with van der Waals surface area (Å²) < 4.78 is 35.8. The van der Waals surface area contributed by atoms with E-state index in [1.54, 1.807) is 50.2 Å². The number of hydroxylamine groups is 1. The topological polar surface area (TPSA) is 155 Å². The highest BCUT2D eigenvalue weighted by atomic mass is 32.2. The Morgan fingerprint density at radius 1 is 1.04 bits per heavy atom. The molecule has 45 heavy (non-hydrogen) atoms.